The van der Waals surface area contributed by atoms with Gasteiger partial charge in [-0.05, 0) is 56.1 Å². The molecule has 1 fully saturated rings. The van der Waals surface area contributed by atoms with Crippen molar-refractivity contribution in [3.63, 3.8) is 0 Å². The summed E-state index contributed by atoms with van der Waals surface area (Å²) in [6, 6.07) is 7.34. The fourth-order valence-electron chi connectivity index (χ4n) is 3.34. The Morgan fingerprint density at radius 1 is 1.22 bits per heavy atom. The predicted molar refractivity (Wildman–Crippen MR) is 80.1 cm³/mol. The first-order chi connectivity index (χ1) is 8.37. The molecule has 1 N–H and O–H groups in total. The Balaban J connectivity index is 2.06. The first kappa shape index (κ1) is 13.5. The molecule has 0 bridgehead atoms. The number of nitrogens with one attached hydrogen (secondary N) is 1. The normalized spacial score (nSPS) is 26.9. The molecule has 0 radical (unpaired) electrons. The van der Waals surface area contributed by atoms with Crippen molar-refractivity contribution in [3.05, 3.63) is 29.3 Å². The molecule has 1 saturated carbocycles. The van der Waals surface area contributed by atoms with Gasteiger partial charge in [-0.1, -0.05) is 38.5 Å². The van der Waals surface area contributed by atoms with E-state index in [0.29, 0.717) is 11.5 Å². The molecule has 1 aromatic carbocycles. The lowest BCUT2D eigenvalue weighted by Gasteiger charge is -2.40. The highest BCUT2D eigenvalue weighted by Crippen LogP contribution is 2.39. The Bertz CT molecular complexity index is 420. The number of benzene rings is 1. The lowest BCUT2D eigenvalue weighted by atomic mass is 9.70. The summed E-state index contributed by atoms with van der Waals surface area (Å²) in [7, 11) is 0. The maximum absolute atomic E-state index is 3.76. The van der Waals surface area contributed by atoms with Gasteiger partial charge >= 0.3 is 0 Å². The molecule has 1 aliphatic carbocycles. The fourth-order valence-corrected chi connectivity index (χ4v) is 3.34. The van der Waals surface area contributed by atoms with Crippen molar-refractivity contribution in [2.75, 3.05) is 5.32 Å². The van der Waals surface area contributed by atoms with Crippen molar-refractivity contribution >= 4 is 5.69 Å². The summed E-state index contributed by atoms with van der Waals surface area (Å²) >= 11 is 0. The summed E-state index contributed by atoms with van der Waals surface area (Å²) in [4.78, 5) is 0. The summed E-state index contributed by atoms with van der Waals surface area (Å²) in [5.41, 5.74) is 4.56. The van der Waals surface area contributed by atoms with E-state index in [4.69, 9.17) is 0 Å². The highest BCUT2D eigenvalue weighted by Gasteiger charge is 2.32. The van der Waals surface area contributed by atoms with Crippen LogP contribution in [0.15, 0.2) is 18.2 Å². The van der Waals surface area contributed by atoms with Gasteiger partial charge in [-0.15, -0.1) is 0 Å². The molecular weight excluding hydrogens is 218 g/mol. The second-order valence-electron chi connectivity index (χ2n) is 6.95. The summed E-state index contributed by atoms with van der Waals surface area (Å²) < 4.78 is 0. The monoisotopic (exact) mass is 245 g/mol. The third-order valence-corrected chi connectivity index (χ3v) is 4.42. The molecule has 0 amide bonds. The molecule has 2 atom stereocenters. The van der Waals surface area contributed by atoms with Crippen LogP contribution >= 0.6 is 0 Å². The first-order valence-electron chi connectivity index (χ1n) is 7.21. The van der Waals surface area contributed by atoms with E-state index in [1.54, 1.807) is 0 Å². The minimum Gasteiger partial charge on any atom is -0.382 e. The van der Waals surface area contributed by atoms with Crippen LogP contribution in [0.3, 0.4) is 0 Å². The van der Waals surface area contributed by atoms with E-state index in [-0.39, 0.29) is 0 Å². The summed E-state index contributed by atoms with van der Waals surface area (Å²) in [5.74, 6) is 0.759. The SMILES string of the molecule is Cc1ccc(NC2CCC(C)(C)CC2C)c(C)c1. The maximum atomic E-state index is 3.76. The van der Waals surface area contributed by atoms with Crippen molar-refractivity contribution < 1.29 is 0 Å². The van der Waals surface area contributed by atoms with Gasteiger partial charge in [-0.2, -0.15) is 0 Å². The van der Waals surface area contributed by atoms with E-state index in [2.05, 4.69) is 58.1 Å². The highest BCUT2D eigenvalue weighted by molar-refractivity contribution is 5.52. The van der Waals surface area contributed by atoms with Gasteiger partial charge in [0.15, 0.2) is 0 Å². The molecule has 1 heteroatoms. The van der Waals surface area contributed by atoms with Gasteiger partial charge in [0.25, 0.3) is 0 Å². The van der Waals surface area contributed by atoms with Gasteiger partial charge < -0.3 is 5.32 Å². The maximum Gasteiger partial charge on any atom is 0.0372 e. The van der Waals surface area contributed by atoms with Crippen LogP contribution in [-0.4, -0.2) is 6.04 Å². The van der Waals surface area contributed by atoms with Crippen molar-refractivity contribution in [1.29, 1.82) is 0 Å². The molecule has 100 valence electrons. The number of hydrogen-bond donors (Lipinski definition) is 1. The zero-order chi connectivity index (χ0) is 13.3. The van der Waals surface area contributed by atoms with E-state index >= 15 is 0 Å². The third kappa shape index (κ3) is 3.07. The molecule has 1 aliphatic rings. The molecule has 0 heterocycles. The van der Waals surface area contributed by atoms with Crippen LogP contribution in [0, 0.1) is 25.2 Å². The van der Waals surface area contributed by atoms with Crippen molar-refractivity contribution in [2.45, 2.75) is 59.9 Å². The Morgan fingerprint density at radius 3 is 2.56 bits per heavy atom. The fraction of sp³-hybridized carbons (Fsp3) is 0.647. The Kier molecular flexibility index (Phi) is 3.70. The number of hydrogen-bond acceptors (Lipinski definition) is 1. The molecule has 2 unspecified atom stereocenters. The molecule has 2 rings (SSSR count). The van der Waals surface area contributed by atoms with Crippen molar-refractivity contribution in [1.82, 2.24) is 0 Å². The second kappa shape index (κ2) is 4.95. The van der Waals surface area contributed by atoms with Gasteiger partial charge in [-0.25, -0.2) is 0 Å². The van der Waals surface area contributed by atoms with Crippen LogP contribution < -0.4 is 5.32 Å². The van der Waals surface area contributed by atoms with Gasteiger partial charge in [0.05, 0.1) is 0 Å². The van der Waals surface area contributed by atoms with Crippen LogP contribution in [-0.2, 0) is 0 Å². The molecular formula is C17H27N. The largest absolute Gasteiger partial charge is 0.382 e. The third-order valence-electron chi connectivity index (χ3n) is 4.42. The van der Waals surface area contributed by atoms with Crippen molar-refractivity contribution in [3.8, 4) is 0 Å². The van der Waals surface area contributed by atoms with E-state index in [0.717, 1.165) is 5.92 Å². The second-order valence-corrected chi connectivity index (χ2v) is 6.95. The van der Waals surface area contributed by atoms with Crippen LogP contribution in [0.4, 0.5) is 5.69 Å². The van der Waals surface area contributed by atoms with E-state index in [1.807, 2.05) is 0 Å². The topological polar surface area (TPSA) is 12.0 Å². The quantitative estimate of drug-likeness (QED) is 0.779. The van der Waals surface area contributed by atoms with Crippen LogP contribution in [0.2, 0.25) is 0 Å². The lowest BCUT2D eigenvalue weighted by Crippen LogP contribution is -2.37. The molecule has 1 aromatic rings. The number of anilines is 1. The van der Waals surface area contributed by atoms with Crippen LogP contribution in [0.1, 0.15) is 51.2 Å². The molecule has 18 heavy (non-hydrogen) atoms. The van der Waals surface area contributed by atoms with Crippen molar-refractivity contribution in [2.24, 2.45) is 11.3 Å². The minimum absolute atomic E-state index is 0.528. The summed E-state index contributed by atoms with van der Waals surface area (Å²) in [6.45, 7) is 11.5. The minimum atomic E-state index is 0.528. The molecule has 0 spiro atoms. The zero-order valence-corrected chi connectivity index (χ0v) is 12.5. The standard InChI is InChI=1S/C17H27N/c1-12-6-7-15(13(2)10-12)18-16-8-9-17(4,5)11-14(16)3/h6-7,10,14,16,18H,8-9,11H2,1-5H3. The van der Waals surface area contributed by atoms with Crippen LogP contribution in [0.5, 0.6) is 0 Å². The first-order valence-corrected chi connectivity index (χ1v) is 7.21. The molecule has 0 aliphatic heterocycles. The van der Waals surface area contributed by atoms with Gasteiger partial charge in [0.2, 0.25) is 0 Å². The smallest absolute Gasteiger partial charge is 0.0372 e. The van der Waals surface area contributed by atoms with E-state index < -0.39 is 0 Å². The van der Waals surface area contributed by atoms with E-state index in [1.165, 1.54) is 36.1 Å². The van der Waals surface area contributed by atoms with Gasteiger partial charge in [0, 0.05) is 11.7 Å². The number of aryl methyl sites for hydroxylation is 2. The molecule has 0 aromatic heterocycles. The molecule has 0 saturated heterocycles. The van der Waals surface area contributed by atoms with E-state index in [9.17, 15) is 0 Å². The molecule has 1 nitrogen and oxygen atoms in total. The predicted octanol–water partition coefficient (Wildman–Crippen LogP) is 4.93. The number of rotatable bonds is 2. The Morgan fingerprint density at radius 2 is 1.94 bits per heavy atom. The Hall–Kier alpha value is -0.980. The lowest BCUT2D eigenvalue weighted by molar-refractivity contribution is 0.177. The highest BCUT2D eigenvalue weighted by atomic mass is 14.9. The average Bonchev–Trinajstić information content (AvgIpc) is 2.24. The average molecular weight is 245 g/mol. The summed E-state index contributed by atoms with van der Waals surface area (Å²) in [5, 5.41) is 3.76. The van der Waals surface area contributed by atoms with Crippen LogP contribution in [0.25, 0.3) is 0 Å². The Labute approximate surface area is 112 Å². The zero-order valence-electron chi connectivity index (χ0n) is 12.5. The van der Waals surface area contributed by atoms with Gasteiger partial charge in [-0.3, -0.25) is 0 Å². The van der Waals surface area contributed by atoms with Gasteiger partial charge in [0.1, 0.15) is 0 Å². The summed E-state index contributed by atoms with van der Waals surface area (Å²) in [6.07, 6.45) is 3.96.